The number of carbonyl (C=O) groups is 1. The highest BCUT2D eigenvalue weighted by atomic mass is 127. The maximum absolute atomic E-state index is 13.0. The highest BCUT2D eigenvalue weighted by Gasteiger charge is 2.28. The molecule has 0 spiro atoms. The van der Waals surface area contributed by atoms with Gasteiger partial charge in [-0.2, -0.15) is 10.1 Å². The quantitative estimate of drug-likeness (QED) is 0.308. The van der Waals surface area contributed by atoms with E-state index in [1.54, 1.807) is 7.11 Å². The number of halogens is 1. The molecule has 0 saturated heterocycles. The molecular formula is C25H21IN2O3. The van der Waals surface area contributed by atoms with Crippen LogP contribution in [0.2, 0.25) is 0 Å². The zero-order chi connectivity index (χ0) is 21.8. The van der Waals surface area contributed by atoms with Crippen molar-refractivity contribution in [3.8, 4) is 11.5 Å². The first-order valence-corrected chi connectivity index (χ1v) is 10.9. The van der Waals surface area contributed by atoms with Crippen molar-refractivity contribution in [3.05, 3.63) is 93.1 Å². The van der Waals surface area contributed by atoms with E-state index in [1.807, 2.05) is 85.8 Å². The van der Waals surface area contributed by atoms with Gasteiger partial charge in [0.05, 0.1) is 27.7 Å². The molecule has 0 unspecified atom stereocenters. The van der Waals surface area contributed by atoms with Gasteiger partial charge in [-0.25, -0.2) is 0 Å². The van der Waals surface area contributed by atoms with Crippen LogP contribution in [0.25, 0.3) is 6.08 Å². The molecule has 0 fully saturated rings. The lowest BCUT2D eigenvalue weighted by molar-refractivity contribution is -0.114. The summed E-state index contributed by atoms with van der Waals surface area (Å²) in [7, 11) is 1.61. The molecule has 31 heavy (non-hydrogen) atoms. The van der Waals surface area contributed by atoms with Crippen LogP contribution in [0.15, 0.2) is 83.5 Å². The summed E-state index contributed by atoms with van der Waals surface area (Å²) in [5, 5.41) is 5.87. The molecule has 1 aliphatic rings. The Morgan fingerprint density at radius 2 is 1.71 bits per heavy atom. The molecule has 0 atom stereocenters. The van der Waals surface area contributed by atoms with Crippen LogP contribution in [0, 0.1) is 3.57 Å². The van der Waals surface area contributed by atoms with Crippen LogP contribution in [0.3, 0.4) is 0 Å². The first-order chi connectivity index (χ1) is 15.1. The van der Waals surface area contributed by atoms with E-state index in [-0.39, 0.29) is 5.91 Å². The maximum atomic E-state index is 13.0. The Morgan fingerprint density at radius 3 is 2.39 bits per heavy atom. The lowest BCUT2D eigenvalue weighted by Gasteiger charge is -2.14. The summed E-state index contributed by atoms with van der Waals surface area (Å²) >= 11 is 2.23. The summed E-state index contributed by atoms with van der Waals surface area (Å²) in [5.74, 6) is 1.15. The molecule has 1 aliphatic heterocycles. The second-order valence-corrected chi connectivity index (χ2v) is 8.17. The van der Waals surface area contributed by atoms with Crippen LogP contribution in [-0.2, 0) is 11.4 Å². The first-order valence-electron chi connectivity index (χ1n) is 9.78. The highest BCUT2D eigenvalue weighted by Crippen LogP contribution is 2.36. The second-order valence-electron chi connectivity index (χ2n) is 7.00. The van der Waals surface area contributed by atoms with E-state index in [0.29, 0.717) is 29.4 Å². The Labute approximate surface area is 195 Å². The summed E-state index contributed by atoms with van der Waals surface area (Å²) in [6.45, 7) is 2.29. The molecule has 0 radical (unpaired) electrons. The molecule has 1 amide bonds. The third-order valence-electron chi connectivity index (χ3n) is 4.85. The van der Waals surface area contributed by atoms with Crippen LogP contribution in [-0.4, -0.2) is 18.7 Å². The number of ether oxygens (including phenoxy) is 2. The van der Waals surface area contributed by atoms with Crippen LogP contribution >= 0.6 is 22.6 Å². The van der Waals surface area contributed by atoms with Gasteiger partial charge in [0.15, 0.2) is 11.5 Å². The summed E-state index contributed by atoms with van der Waals surface area (Å²) in [5.41, 5.74) is 3.90. The van der Waals surface area contributed by atoms with E-state index >= 15 is 0 Å². The van der Waals surface area contributed by atoms with Crippen molar-refractivity contribution in [2.75, 3.05) is 12.1 Å². The summed E-state index contributed by atoms with van der Waals surface area (Å²) in [6, 6.07) is 23.2. The van der Waals surface area contributed by atoms with Crippen LogP contribution in [0.4, 0.5) is 5.69 Å². The molecule has 3 aromatic rings. The monoisotopic (exact) mass is 524 g/mol. The molecule has 3 aromatic carbocycles. The van der Waals surface area contributed by atoms with Crippen molar-refractivity contribution in [2.24, 2.45) is 5.10 Å². The smallest absolute Gasteiger partial charge is 0.280 e. The van der Waals surface area contributed by atoms with Crippen molar-refractivity contribution >= 4 is 46.0 Å². The van der Waals surface area contributed by atoms with Crippen LogP contribution in [0.5, 0.6) is 11.5 Å². The summed E-state index contributed by atoms with van der Waals surface area (Å²) in [6.07, 6.45) is 1.84. The average molecular weight is 524 g/mol. The van der Waals surface area contributed by atoms with Crippen molar-refractivity contribution in [3.63, 3.8) is 0 Å². The number of carbonyl (C=O) groups excluding carboxylic acids is 1. The van der Waals surface area contributed by atoms with Gasteiger partial charge in [0, 0.05) is 0 Å². The van der Waals surface area contributed by atoms with E-state index in [9.17, 15) is 4.79 Å². The fraction of sp³-hybridized carbons (Fsp3) is 0.120. The lowest BCUT2D eigenvalue weighted by atomic mass is 10.1. The van der Waals surface area contributed by atoms with Gasteiger partial charge in [-0.15, -0.1) is 0 Å². The number of rotatable bonds is 6. The van der Waals surface area contributed by atoms with E-state index in [1.165, 1.54) is 5.01 Å². The van der Waals surface area contributed by atoms with Crippen molar-refractivity contribution in [2.45, 2.75) is 13.5 Å². The zero-order valence-corrected chi connectivity index (χ0v) is 19.4. The van der Waals surface area contributed by atoms with Crippen molar-refractivity contribution < 1.29 is 14.3 Å². The number of methoxy groups -OCH3 is 1. The number of hydrogen-bond donors (Lipinski definition) is 0. The number of hydrazone groups is 1. The predicted octanol–water partition coefficient (Wildman–Crippen LogP) is 5.68. The highest BCUT2D eigenvalue weighted by molar-refractivity contribution is 14.1. The van der Waals surface area contributed by atoms with Gasteiger partial charge in [-0.3, -0.25) is 4.79 Å². The molecule has 1 heterocycles. The number of hydrogen-bond acceptors (Lipinski definition) is 4. The number of amides is 1. The zero-order valence-electron chi connectivity index (χ0n) is 17.2. The first kappa shape index (κ1) is 21.1. The van der Waals surface area contributed by atoms with Crippen LogP contribution in [0.1, 0.15) is 18.1 Å². The second kappa shape index (κ2) is 9.34. The Bertz CT molecular complexity index is 1160. The minimum absolute atomic E-state index is 0.151. The number of nitrogens with zero attached hydrogens (tertiary/aromatic N) is 2. The van der Waals surface area contributed by atoms with Crippen molar-refractivity contribution in [1.82, 2.24) is 0 Å². The van der Waals surface area contributed by atoms with Gasteiger partial charge < -0.3 is 9.47 Å². The Kier molecular flexibility index (Phi) is 6.36. The molecule has 5 nitrogen and oxygen atoms in total. The minimum Gasteiger partial charge on any atom is -0.493 e. The van der Waals surface area contributed by atoms with Gasteiger partial charge >= 0.3 is 0 Å². The van der Waals surface area contributed by atoms with Gasteiger partial charge in [-0.05, 0) is 71.0 Å². The number of para-hydroxylation sites is 1. The molecule has 0 N–H and O–H groups in total. The minimum atomic E-state index is -0.151. The van der Waals surface area contributed by atoms with E-state index in [0.717, 1.165) is 20.4 Å². The standard InChI is InChI=1S/C25H21IN2O3/c1-17-21(25(29)28(27-17)20-11-7-4-8-12-20)13-19-14-22(26)24(23(15-19)30-2)31-16-18-9-5-3-6-10-18/h3-15H,16H2,1-2H3/b21-13+. The van der Waals surface area contributed by atoms with Gasteiger partial charge in [-0.1, -0.05) is 48.5 Å². The van der Waals surface area contributed by atoms with Gasteiger partial charge in [0.2, 0.25) is 0 Å². The van der Waals surface area contributed by atoms with E-state index in [2.05, 4.69) is 27.7 Å². The molecule has 0 aromatic heterocycles. The third-order valence-corrected chi connectivity index (χ3v) is 5.65. The molecular weight excluding hydrogens is 503 g/mol. The fourth-order valence-corrected chi connectivity index (χ4v) is 4.07. The normalized spacial score (nSPS) is 14.7. The Balaban J connectivity index is 1.60. The van der Waals surface area contributed by atoms with E-state index < -0.39 is 0 Å². The Hall–Kier alpha value is -3.13. The van der Waals surface area contributed by atoms with Gasteiger partial charge in [0.1, 0.15) is 6.61 Å². The lowest BCUT2D eigenvalue weighted by Crippen LogP contribution is -2.21. The number of anilines is 1. The fourth-order valence-electron chi connectivity index (χ4n) is 3.29. The van der Waals surface area contributed by atoms with E-state index in [4.69, 9.17) is 9.47 Å². The summed E-state index contributed by atoms with van der Waals surface area (Å²) in [4.78, 5) is 13.0. The molecule has 4 rings (SSSR count). The maximum Gasteiger partial charge on any atom is 0.280 e. The topological polar surface area (TPSA) is 51.1 Å². The van der Waals surface area contributed by atoms with Gasteiger partial charge in [0.25, 0.3) is 5.91 Å². The molecule has 0 aliphatic carbocycles. The molecule has 156 valence electrons. The largest absolute Gasteiger partial charge is 0.493 e. The molecule has 0 saturated carbocycles. The number of benzene rings is 3. The Morgan fingerprint density at radius 1 is 1.03 bits per heavy atom. The predicted molar refractivity (Wildman–Crippen MR) is 131 cm³/mol. The van der Waals surface area contributed by atoms with Crippen molar-refractivity contribution in [1.29, 1.82) is 0 Å². The molecule has 0 bridgehead atoms. The van der Waals surface area contributed by atoms with Crippen LogP contribution < -0.4 is 14.5 Å². The molecule has 6 heteroatoms. The SMILES string of the molecule is COc1cc(/C=C2/C(=O)N(c3ccccc3)N=C2C)cc(I)c1OCc1ccccc1. The summed E-state index contributed by atoms with van der Waals surface area (Å²) < 4.78 is 12.5. The average Bonchev–Trinajstić information content (AvgIpc) is 3.07. The third kappa shape index (κ3) is 4.64.